The second-order valence-corrected chi connectivity index (χ2v) is 6.15. The van der Waals surface area contributed by atoms with E-state index < -0.39 is 7.82 Å². The fourth-order valence-corrected chi connectivity index (χ4v) is 2.74. The Morgan fingerprint density at radius 2 is 1.76 bits per heavy atom. The Hall–Kier alpha value is -1.34. The lowest BCUT2D eigenvalue weighted by atomic mass is 10.2. The number of nitriles is 1. The first-order valence-electron chi connectivity index (χ1n) is 7.22. The van der Waals surface area contributed by atoms with Crippen LogP contribution in [0, 0.1) is 11.3 Å². The van der Waals surface area contributed by atoms with Crippen LogP contribution in [0.2, 0.25) is 0 Å². The van der Waals surface area contributed by atoms with E-state index >= 15 is 0 Å². The van der Waals surface area contributed by atoms with Crippen LogP contribution in [0.5, 0.6) is 5.75 Å². The molecule has 0 amide bonds. The van der Waals surface area contributed by atoms with Crippen molar-refractivity contribution in [1.29, 1.82) is 5.26 Å². The minimum atomic E-state index is -3.64. The van der Waals surface area contributed by atoms with Gasteiger partial charge in [-0.3, -0.25) is 9.05 Å². The van der Waals surface area contributed by atoms with Crippen LogP contribution in [-0.4, -0.2) is 13.2 Å². The van der Waals surface area contributed by atoms with Crippen LogP contribution in [0.15, 0.2) is 24.3 Å². The predicted octanol–water partition coefficient (Wildman–Crippen LogP) is 4.68. The highest BCUT2D eigenvalue weighted by Crippen LogP contribution is 2.49. The molecule has 116 valence electrons. The lowest BCUT2D eigenvalue weighted by Gasteiger charge is -2.18. The summed E-state index contributed by atoms with van der Waals surface area (Å²) in [7, 11) is -3.64. The van der Waals surface area contributed by atoms with E-state index in [-0.39, 0.29) is 0 Å². The van der Waals surface area contributed by atoms with E-state index in [1.54, 1.807) is 18.2 Å². The van der Waals surface area contributed by atoms with Gasteiger partial charge in [-0.2, -0.15) is 5.26 Å². The predicted molar refractivity (Wildman–Crippen MR) is 81.1 cm³/mol. The molecular formula is C15H22NO4P. The van der Waals surface area contributed by atoms with E-state index in [0.717, 1.165) is 25.7 Å². The molecule has 6 heteroatoms. The zero-order valence-electron chi connectivity index (χ0n) is 12.6. The average Bonchev–Trinajstić information content (AvgIpc) is 2.48. The lowest BCUT2D eigenvalue weighted by Crippen LogP contribution is -2.05. The summed E-state index contributed by atoms with van der Waals surface area (Å²) < 4.78 is 28.6. The maximum atomic E-state index is 12.6. The summed E-state index contributed by atoms with van der Waals surface area (Å²) in [6, 6.07) is 8.45. The Balaban J connectivity index is 2.74. The standard InChI is InChI=1S/C15H22NO4P/c1-3-5-10-18-21(17,19-11-6-4-2)20-15-9-7-8-14(12-15)13-16/h7-9,12H,3-6,10-11H2,1-2H3. The van der Waals surface area contributed by atoms with Gasteiger partial charge in [-0.15, -0.1) is 0 Å². The van der Waals surface area contributed by atoms with E-state index in [1.807, 2.05) is 19.9 Å². The first kappa shape index (κ1) is 17.7. The molecule has 1 aromatic rings. The van der Waals surface area contributed by atoms with E-state index in [0.29, 0.717) is 24.5 Å². The van der Waals surface area contributed by atoms with Gasteiger partial charge >= 0.3 is 7.82 Å². The Kier molecular flexibility index (Phi) is 8.07. The van der Waals surface area contributed by atoms with Crippen molar-refractivity contribution >= 4 is 7.82 Å². The number of phosphoric ester groups is 1. The highest BCUT2D eigenvalue weighted by atomic mass is 31.2. The molecule has 0 bridgehead atoms. The number of hydrogen-bond donors (Lipinski definition) is 0. The Morgan fingerprint density at radius 1 is 1.14 bits per heavy atom. The molecule has 0 aliphatic heterocycles. The minimum Gasteiger partial charge on any atom is -0.404 e. The molecule has 21 heavy (non-hydrogen) atoms. The minimum absolute atomic E-state index is 0.311. The lowest BCUT2D eigenvalue weighted by molar-refractivity contribution is 0.152. The molecule has 0 saturated heterocycles. The van der Waals surface area contributed by atoms with Gasteiger partial charge in [0.1, 0.15) is 5.75 Å². The molecule has 0 aromatic heterocycles. The SMILES string of the molecule is CCCCOP(=O)(OCCCC)Oc1cccc(C#N)c1. The Labute approximate surface area is 126 Å². The smallest absolute Gasteiger partial charge is 0.404 e. The summed E-state index contributed by atoms with van der Waals surface area (Å²) in [5.74, 6) is 0.311. The van der Waals surface area contributed by atoms with Crippen LogP contribution in [-0.2, 0) is 13.6 Å². The van der Waals surface area contributed by atoms with Gasteiger partial charge in [-0.05, 0) is 31.0 Å². The van der Waals surface area contributed by atoms with Crippen molar-refractivity contribution in [2.24, 2.45) is 0 Å². The molecule has 0 aliphatic rings. The van der Waals surface area contributed by atoms with E-state index in [1.165, 1.54) is 6.07 Å². The number of nitrogens with zero attached hydrogens (tertiary/aromatic N) is 1. The van der Waals surface area contributed by atoms with Crippen molar-refractivity contribution in [3.63, 3.8) is 0 Å². The van der Waals surface area contributed by atoms with Crippen molar-refractivity contribution in [3.05, 3.63) is 29.8 Å². The molecular weight excluding hydrogens is 289 g/mol. The summed E-state index contributed by atoms with van der Waals surface area (Å²) in [6.45, 7) is 4.67. The topological polar surface area (TPSA) is 68.6 Å². The number of phosphoric acid groups is 1. The zero-order valence-corrected chi connectivity index (χ0v) is 13.5. The molecule has 0 radical (unpaired) electrons. The maximum absolute atomic E-state index is 12.6. The monoisotopic (exact) mass is 311 g/mol. The normalized spacial score (nSPS) is 11.1. The van der Waals surface area contributed by atoms with Crippen LogP contribution in [0.25, 0.3) is 0 Å². The van der Waals surface area contributed by atoms with Gasteiger partial charge in [0.15, 0.2) is 0 Å². The van der Waals surface area contributed by atoms with Crippen LogP contribution < -0.4 is 4.52 Å². The van der Waals surface area contributed by atoms with Gasteiger partial charge in [-0.25, -0.2) is 4.57 Å². The zero-order chi connectivity index (χ0) is 15.6. The fraction of sp³-hybridized carbons (Fsp3) is 0.533. The number of rotatable bonds is 10. The van der Waals surface area contributed by atoms with E-state index in [2.05, 4.69) is 0 Å². The third-order valence-corrected chi connectivity index (χ3v) is 4.11. The van der Waals surface area contributed by atoms with Gasteiger partial charge < -0.3 is 4.52 Å². The number of hydrogen-bond acceptors (Lipinski definition) is 5. The van der Waals surface area contributed by atoms with Crippen molar-refractivity contribution in [1.82, 2.24) is 0 Å². The summed E-state index contributed by atoms with van der Waals surface area (Å²) in [6.07, 6.45) is 3.42. The molecule has 0 aliphatic carbocycles. The molecule has 0 saturated carbocycles. The summed E-state index contributed by atoms with van der Waals surface area (Å²) in [5, 5.41) is 8.87. The van der Waals surface area contributed by atoms with Crippen LogP contribution in [0.3, 0.4) is 0 Å². The summed E-state index contributed by atoms with van der Waals surface area (Å²) in [4.78, 5) is 0. The first-order valence-corrected chi connectivity index (χ1v) is 8.68. The van der Waals surface area contributed by atoms with Crippen LogP contribution >= 0.6 is 7.82 Å². The van der Waals surface area contributed by atoms with E-state index in [4.69, 9.17) is 18.8 Å². The van der Waals surface area contributed by atoms with Gasteiger partial charge in [0.05, 0.1) is 24.8 Å². The highest BCUT2D eigenvalue weighted by Gasteiger charge is 2.28. The van der Waals surface area contributed by atoms with Crippen molar-refractivity contribution in [2.75, 3.05) is 13.2 Å². The molecule has 0 N–H and O–H groups in total. The molecule has 1 rings (SSSR count). The van der Waals surface area contributed by atoms with Crippen LogP contribution in [0.1, 0.15) is 45.1 Å². The molecule has 5 nitrogen and oxygen atoms in total. The Morgan fingerprint density at radius 3 is 2.29 bits per heavy atom. The molecule has 0 heterocycles. The Bertz CT molecular complexity index is 499. The fourth-order valence-electron chi connectivity index (χ4n) is 1.48. The quantitative estimate of drug-likeness (QED) is 0.463. The maximum Gasteiger partial charge on any atom is 0.530 e. The van der Waals surface area contributed by atoms with Crippen molar-refractivity contribution < 1.29 is 18.1 Å². The van der Waals surface area contributed by atoms with Gasteiger partial charge in [0.25, 0.3) is 0 Å². The van der Waals surface area contributed by atoms with Gasteiger partial charge in [0, 0.05) is 0 Å². The first-order chi connectivity index (χ1) is 10.1. The number of benzene rings is 1. The van der Waals surface area contributed by atoms with Crippen LogP contribution in [0.4, 0.5) is 0 Å². The molecule has 0 fully saturated rings. The largest absolute Gasteiger partial charge is 0.530 e. The third-order valence-electron chi connectivity index (χ3n) is 2.67. The summed E-state index contributed by atoms with van der Waals surface area (Å²) in [5.41, 5.74) is 0.432. The van der Waals surface area contributed by atoms with Gasteiger partial charge in [-0.1, -0.05) is 32.8 Å². The average molecular weight is 311 g/mol. The summed E-state index contributed by atoms with van der Waals surface area (Å²) >= 11 is 0. The van der Waals surface area contributed by atoms with Gasteiger partial charge in [0.2, 0.25) is 0 Å². The third kappa shape index (κ3) is 6.77. The highest BCUT2D eigenvalue weighted by molar-refractivity contribution is 7.48. The second kappa shape index (κ2) is 9.57. The molecule has 0 unspecified atom stereocenters. The second-order valence-electron chi connectivity index (χ2n) is 4.55. The van der Waals surface area contributed by atoms with Crippen molar-refractivity contribution in [2.45, 2.75) is 39.5 Å². The molecule has 0 spiro atoms. The molecule has 0 atom stereocenters. The molecule has 1 aromatic carbocycles. The number of unbranched alkanes of at least 4 members (excludes halogenated alkanes) is 2. The van der Waals surface area contributed by atoms with E-state index in [9.17, 15) is 4.57 Å². The van der Waals surface area contributed by atoms with Crippen molar-refractivity contribution in [3.8, 4) is 11.8 Å².